The quantitative estimate of drug-likeness (QED) is 0.783. The molecule has 1 unspecified atom stereocenters. The van der Waals surface area contributed by atoms with E-state index in [4.69, 9.17) is 15.2 Å². The number of hydrogen-bond acceptors (Lipinski definition) is 4. The van der Waals surface area contributed by atoms with Crippen LogP contribution in [0.15, 0.2) is 18.2 Å². The van der Waals surface area contributed by atoms with Crippen molar-refractivity contribution in [2.75, 3.05) is 37.9 Å². The Balaban J connectivity index is 2.03. The molecule has 0 aliphatic carbocycles. The summed E-state index contributed by atoms with van der Waals surface area (Å²) >= 11 is 0. The molecular weight excluding hydrogens is 216 g/mol. The molecular formula is C13H20N2O2. The van der Waals surface area contributed by atoms with Gasteiger partial charge in [0.15, 0.2) is 0 Å². The van der Waals surface area contributed by atoms with E-state index in [9.17, 15) is 0 Å². The lowest BCUT2D eigenvalue weighted by atomic mass is 10.0. The molecule has 0 spiro atoms. The average molecular weight is 236 g/mol. The van der Waals surface area contributed by atoms with Crippen LogP contribution >= 0.6 is 0 Å². The third-order valence-electron chi connectivity index (χ3n) is 3.31. The number of anilines is 2. The third-order valence-corrected chi connectivity index (χ3v) is 3.31. The van der Waals surface area contributed by atoms with Crippen molar-refractivity contribution in [3.05, 3.63) is 23.8 Å². The fourth-order valence-corrected chi connectivity index (χ4v) is 2.04. The molecule has 0 saturated carbocycles. The largest absolute Gasteiger partial charge is 0.397 e. The van der Waals surface area contributed by atoms with Gasteiger partial charge in [-0.2, -0.15) is 0 Å². The van der Waals surface area contributed by atoms with Gasteiger partial charge in [-0.3, -0.25) is 0 Å². The molecule has 0 radical (unpaired) electrons. The highest BCUT2D eigenvalue weighted by Gasteiger charge is 2.34. The Hall–Kier alpha value is -1.26. The molecule has 1 atom stereocenters. The Morgan fingerprint density at radius 1 is 1.53 bits per heavy atom. The predicted octanol–water partition coefficient (Wildman–Crippen LogP) is 1.79. The van der Waals surface area contributed by atoms with Gasteiger partial charge in [-0.1, -0.05) is 6.07 Å². The first kappa shape index (κ1) is 12.2. The molecule has 1 fully saturated rings. The zero-order chi connectivity index (χ0) is 12.3. The number of rotatable bonds is 4. The van der Waals surface area contributed by atoms with Crippen molar-refractivity contribution < 1.29 is 9.47 Å². The molecule has 17 heavy (non-hydrogen) atoms. The van der Waals surface area contributed by atoms with E-state index in [-0.39, 0.29) is 5.60 Å². The first-order valence-electron chi connectivity index (χ1n) is 5.88. The molecule has 2 rings (SSSR count). The molecule has 1 heterocycles. The topological polar surface area (TPSA) is 56.5 Å². The number of nitrogens with one attached hydrogen (secondary N) is 1. The predicted molar refractivity (Wildman–Crippen MR) is 69.3 cm³/mol. The van der Waals surface area contributed by atoms with E-state index in [1.54, 1.807) is 7.11 Å². The van der Waals surface area contributed by atoms with Crippen LogP contribution in [0.5, 0.6) is 0 Å². The second-order valence-electron chi connectivity index (χ2n) is 4.63. The van der Waals surface area contributed by atoms with Gasteiger partial charge in [0.25, 0.3) is 0 Å². The third kappa shape index (κ3) is 2.70. The zero-order valence-corrected chi connectivity index (χ0v) is 10.5. The number of hydrogen-bond donors (Lipinski definition) is 2. The number of benzene rings is 1. The van der Waals surface area contributed by atoms with Crippen LogP contribution < -0.4 is 11.1 Å². The minimum absolute atomic E-state index is 0.212. The van der Waals surface area contributed by atoms with Gasteiger partial charge in [-0.05, 0) is 24.6 Å². The summed E-state index contributed by atoms with van der Waals surface area (Å²) < 4.78 is 11.0. The van der Waals surface area contributed by atoms with E-state index < -0.39 is 0 Å². The summed E-state index contributed by atoms with van der Waals surface area (Å²) in [5, 5.41) is 3.36. The summed E-state index contributed by atoms with van der Waals surface area (Å²) in [7, 11) is 1.73. The maximum atomic E-state index is 5.92. The first-order chi connectivity index (χ1) is 8.15. The van der Waals surface area contributed by atoms with Crippen molar-refractivity contribution in [2.45, 2.75) is 18.9 Å². The Kier molecular flexibility index (Phi) is 3.54. The van der Waals surface area contributed by atoms with Crippen LogP contribution in [0.25, 0.3) is 0 Å². The van der Waals surface area contributed by atoms with Crippen LogP contribution in [0.3, 0.4) is 0 Å². The molecule has 4 nitrogen and oxygen atoms in total. The van der Waals surface area contributed by atoms with Crippen LogP contribution in [0.4, 0.5) is 11.4 Å². The Labute approximate surface area is 102 Å². The maximum absolute atomic E-state index is 5.92. The number of nitrogen functional groups attached to an aromatic ring is 1. The van der Waals surface area contributed by atoms with E-state index >= 15 is 0 Å². The maximum Gasteiger partial charge on any atom is 0.110 e. The van der Waals surface area contributed by atoms with Crippen LogP contribution in [0, 0.1) is 6.92 Å². The molecule has 0 aromatic heterocycles. The molecule has 1 saturated heterocycles. The van der Waals surface area contributed by atoms with Gasteiger partial charge < -0.3 is 20.5 Å². The van der Waals surface area contributed by atoms with E-state index in [2.05, 4.69) is 18.3 Å². The molecule has 3 N–H and O–H groups in total. The van der Waals surface area contributed by atoms with Gasteiger partial charge in [0, 0.05) is 26.7 Å². The second-order valence-corrected chi connectivity index (χ2v) is 4.63. The van der Waals surface area contributed by atoms with Crippen LogP contribution in [0.1, 0.15) is 12.0 Å². The summed E-state index contributed by atoms with van der Waals surface area (Å²) in [5.41, 5.74) is 8.63. The fraction of sp³-hybridized carbons (Fsp3) is 0.538. The number of ether oxygens (including phenoxy) is 2. The number of aryl methyl sites for hydroxylation is 1. The van der Waals surface area contributed by atoms with Gasteiger partial charge >= 0.3 is 0 Å². The number of nitrogens with two attached hydrogens (primary N) is 1. The Morgan fingerprint density at radius 3 is 3.00 bits per heavy atom. The van der Waals surface area contributed by atoms with Crippen molar-refractivity contribution in [3.8, 4) is 0 Å². The Morgan fingerprint density at radius 2 is 2.35 bits per heavy atom. The van der Waals surface area contributed by atoms with Gasteiger partial charge in [0.1, 0.15) is 5.60 Å². The van der Waals surface area contributed by atoms with E-state index in [0.717, 1.165) is 30.9 Å². The minimum atomic E-state index is -0.212. The summed E-state index contributed by atoms with van der Waals surface area (Å²) in [6.07, 6.45) is 0.919. The normalized spacial score (nSPS) is 23.9. The van der Waals surface area contributed by atoms with Crippen molar-refractivity contribution >= 4 is 11.4 Å². The van der Waals surface area contributed by atoms with Crippen molar-refractivity contribution in [1.82, 2.24) is 0 Å². The number of methoxy groups -OCH3 is 1. The summed E-state index contributed by atoms with van der Waals surface area (Å²) in [5.74, 6) is 0. The molecule has 1 aliphatic rings. The van der Waals surface area contributed by atoms with Gasteiger partial charge in [-0.15, -0.1) is 0 Å². The fourth-order valence-electron chi connectivity index (χ4n) is 2.04. The highest BCUT2D eigenvalue weighted by Crippen LogP contribution is 2.25. The van der Waals surface area contributed by atoms with E-state index in [0.29, 0.717) is 6.61 Å². The first-order valence-corrected chi connectivity index (χ1v) is 5.88. The van der Waals surface area contributed by atoms with Crippen molar-refractivity contribution in [1.29, 1.82) is 0 Å². The highest BCUT2D eigenvalue weighted by atomic mass is 16.5. The van der Waals surface area contributed by atoms with E-state index in [1.165, 1.54) is 5.56 Å². The SMILES string of the molecule is COC1(CNc2cc(C)ccc2N)CCOC1. The zero-order valence-electron chi connectivity index (χ0n) is 10.5. The smallest absolute Gasteiger partial charge is 0.110 e. The molecule has 0 bridgehead atoms. The summed E-state index contributed by atoms with van der Waals surface area (Å²) in [6, 6.07) is 5.97. The standard InChI is InChI=1S/C13H20N2O2/c1-10-3-4-11(14)12(7-10)15-8-13(16-2)5-6-17-9-13/h3-4,7,15H,5-6,8-9,14H2,1-2H3. The molecule has 4 heteroatoms. The molecule has 1 aliphatic heterocycles. The summed E-state index contributed by atoms with van der Waals surface area (Å²) in [6.45, 7) is 4.17. The summed E-state index contributed by atoms with van der Waals surface area (Å²) in [4.78, 5) is 0. The van der Waals surface area contributed by atoms with Crippen LogP contribution in [-0.4, -0.2) is 32.5 Å². The molecule has 94 valence electrons. The molecule has 1 aromatic carbocycles. The van der Waals surface area contributed by atoms with Gasteiger partial charge in [0.2, 0.25) is 0 Å². The lowest BCUT2D eigenvalue weighted by Gasteiger charge is -2.26. The monoisotopic (exact) mass is 236 g/mol. The van der Waals surface area contributed by atoms with Crippen LogP contribution in [0.2, 0.25) is 0 Å². The molecule has 0 amide bonds. The van der Waals surface area contributed by atoms with Gasteiger partial charge in [-0.25, -0.2) is 0 Å². The lowest BCUT2D eigenvalue weighted by Crippen LogP contribution is -2.39. The lowest BCUT2D eigenvalue weighted by molar-refractivity contribution is -0.00618. The van der Waals surface area contributed by atoms with Gasteiger partial charge in [0.05, 0.1) is 18.0 Å². The van der Waals surface area contributed by atoms with E-state index in [1.807, 2.05) is 12.1 Å². The van der Waals surface area contributed by atoms with Crippen molar-refractivity contribution in [3.63, 3.8) is 0 Å². The highest BCUT2D eigenvalue weighted by molar-refractivity contribution is 5.67. The molecule has 1 aromatic rings. The van der Waals surface area contributed by atoms with Crippen molar-refractivity contribution in [2.24, 2.45) is 0 Å². The van der Waals surface area contributed by atoms with Crippen LogP contribution in [-0.2, 0) is 9.47 Å². The second kappa shape index (κ2) is 4.94. The Bertz CT molecular complexity index is 387. The minimum Gasteiger partial charge on any atom is -0.397 e. The average Bonchev–Trinajstić information content (AvgIpc) is 2.80.